The van der Waals surface area contributed by atoms with Gasteiger partial charge in [-0.15, -0.1) is 0 Å². The van der Waals surface area contributed by atoms with E-state index in [0.717, 1.165) is 16.9 Å². The molecule has 0 saturated carbocycles. The quantitative estimate of drug-likeness (QED) is 0.467. The van der Waals surface area contributed by atoms with Gasteiger partial charge in [0, 0.05) is 42.8 Å². The van der Waals surface area contributed by atoms with Gasteiger partial charge in [0.05, 0.1) is 24.9 Å². The fourth-order valence-electron chi connectivity index (χ4n) is 4.47. The van der Waals surface area contributed by atoms with Crippen LogP contribution in [-0.2, 0) is 14.2 Å². The second kappa shape index (κ2) is 10.5. The summed E-state index contributed by atoms with van der Waals surface area (Å²) in [6, 6.07) is 16.5. The Kier molecular flexibility index (Phi) is 7.02. The lowest BCUT2D eigenvalue weighted by molar-refractivity contribution is 0.00916. The van der Waals surface area contributed by atoms with Gasteiger partial charge in [0.15, 0.2) is 11.9 Å². The van der Waals surface area contributed by atoms with Gasteiger partial charge in [-0.25, -0.2) is 14.8 Å². The Labute approximate surface area is 215 Å². The van der Waals surface area contributed by atoms with Crippen LogP contribution in [-0.4, -0.2) is 73.5 Å². The number of carbonyl (C=O) groups excluding carboxylic acids is 2. The summed E-state index contributed by atoms with van der Waals surface area (Å²) in [5.74, 6) is 0.387. The normalized spacial score (nSPS) is 22.2. The molecule has 10 heteroatoms. The lowest BCUT2D eigenvalue weighted by atomic mass is 10.1. The molecule has 0 radical (unpaired) electrons. The lowest BCUT2D eigenvalue weighted by Crippen LogP contribution is -2.38. The first kappa shape index (κ1) is 24.7. The maximum absolute atomic E-state index is 12.5. The summed E-state index contributed by atoms with van der Waals surface area (Å²) in [6.07, 6.45) is -0.203. The van der Waals surface area contributed by atoms with Gasteiger partial charge in [-0.05, 0) is 37.3 Å². The number of ether oxygens (including phenoxy) is 3. The Hall–Kier alpha value is -4.02. The largest absolute Gasteiger partial charge is 0.441 e. The molecule has 2 aromatic carbocycles. The molecule has 3 heterocycles. The van der Waals surface area contributed by atoms with E-state index in [1.165, 1.54) is 6.92 Å². The number of amides is 1. The van der Waals surface area contributed by atoms with Crippen LogP contribution in [0.4, 0.5) is 22.1 Å². The van der Waals surface area contributed by atoms with Gasteiger partial charge in [-0.3, -0.25) is 10.1 Å². The highest BCUT2D eigenvalue weighted by Crippen LogP contribution is 2.31. The molecule has 1 amide bonds. The second-order valence-corrected chi connectivity index (χ2v) is 9.26. The molecule has 2 aliphatic rings. The van der Waals surface area contributed by atoms with Crippen molar-refractivity contribution in [1.82, 2.24) is 9.97 Å². The van der Waals surface area contributed by atoms with Crippen molar-refractivity contribution >= 4 is 29.2 Å². The van der Waals surface area contributed by atoms with Crippen molar-refractivity contribution in [3.63, 3.8) is 0 Å². The summed E-state index contributed by atoms with van der Waals surface area (Å²) >= 11 is 0. The zero-order valence-corrected chi connectivity index (χ0v) is 20.9. The second-order valence-electron chi connectivity index (χ2n) is 9.26. The number of ketones is 1. The summed E-state index contributed by atoms with van der Waals surface area (Å²) < 4.78 is 17.4. The number of carbonyl (C=O) groups is 2. The van der Waals surface area contributed by atoms with Crippen LogP contribution in [0, 0.1) is 0 Å². The molecule has 2 N–H and O–H groups in total. The van der Waals surface area contributed by atoms with Gasteiger partial charge in [0.2, 0.25) is 5.95 Å². The molecule has 4 unspecified atom stereocenters. The Balaban J connectivity index is 1.19. The maximum atomic E-state index is 12.5. The van der Waals surface area contributed by atoms with Gasteiger partial charge in [-0.2, -0.15) is 0 Å². The number of nitrogens with one attached hydrogen (secondary N) is 2. The van der Waals surface area contributed by atoms with Crippen molar-refractivity contribution in [2.75, 3.05) is 42.8 Å². The van der Waals surface area contributed by atoms with E-state index in [4.69, 9.17) is 14.2 Å². The number of aromatic nitrogens is 2. The van der Waals surface area contributed by atoms with Gasteiger partial charge in [-0.1, -0.05) is 24.3 Å². The third kappa shape index (κ3) is 5.55. The average molecular weight is 504 g/mol. The molecule has 2 saturated heterocycles. The number of benzene rings is 2. The molecule has 2 aliphatic heterocycles. The van der Waals surface area contributed by atoms with E-state index < -0.39 is 18.3 Å². The van der Waals surface area contributed by atoms with Crippen molar-refractivity contribution in [1.29, 1.82) is 0 Å². The highest BCUT2D eigenvalue weighted by atomic mass is 16.6. The third-order valence-corrected chi connectivity index (χ3v) is 6.43. The summed E-state index contributed by atoms with van der Waals surface area (Å²) in [5, 5.41) is 5.98. The molecule has 0 aliphatic carbocycles. The first-order valence-electron chi connectivity index (χ1n) is 12.1. The smallest absolute Gasteiger partial charge is 0.412 e. The van der Waals surface area contributed by atoms with Gasteiger partial charge >= 0.3 is 6.09 Å². The number of hydrogen-bond acceptors (Lipinski definition) is 9. The molecule has 10 nitrogen and oxygen atoms in total. The number of nitrogens with zero attached hydrogens (tertiary/aromatic N) is 3. The lowest BCUT2D eigenvalue weighted by Gasteiger charge is -2.18. The summed E-state index contributed by atoms with van der Waals surface area (Å²) in [6.45, 7) is 2.05. The van der Waals surface area contributed by atoms with Gasteiger partial charge in [0.25, 0.3) is 0 Å². The molecule has 5 rings (SSSR count). The van der Waals surface area contributed by atoms with E-state index in [-0.39, 0.29) is 24.5 Å². The molecule has 1 aromatic heterocycles. The molecular weight excluding hydrogens is 474 g/mol. The van der Waals surface area contributed by atoms with Crippen LogP contribution in [0.25, 0.3) is 11.3 Å². The topological polar surface area (TPSA) is 115 Å². The average Bonchev–Trinajstić information content (AvgIpc) is 3.47. The molecule has 0 bridgehead atoms. The van der Waals surface area contributed by atoms with E-state index in [0.29, 0.717) is 23.8 Å². The van der Waals surface area contributed by atoms with E-state index in [1.807, 2.05) is 49.3 Å². The van der Waals surface area contributed by atoms with Gasteiger partial charge in [0.1, 0.15) is 12.2 Å². The van der Waals surface area contributed by atoms with Crippen molar-refractivity contribution in [2.45, 2.75) is 31.3 Å². The first-order valence-corrected chi connectivity index (χ1v) is 12.1. The van der Waals surface area contributed by atoms with E-state index >= 15 is 0 Å². The Morgan fingerprint density at radius 3 is 2.57 bits per heavy atom. The molecule has 3 aromatic rings. The highest BCUT2D eigenvalue weighted by molar-refractivity contribution is 5.96. The first-order chi connectivity index (χ1) is 17.9. The molecule has 37 heavy (non-hydrogen) atoms. The number of anilines is 3. The minimum atomic E-state index is -0.633. The van der Waals surface area contributed by atoms with Crippen LogP contribution in [0.15, 0.2) is 60.8 Å². The predicted molar refractivity (Wildman–Crippen MR) is 139 cm³/mol. The number of Topliss-reactive ketones (excluding diaryl/α,β-unsaturated/α-hetero) is 1. The van der Waals surface area contributed by atoms with Crippen LogP contribution in [0.3, 0.4) is 0 Å². The van der Waals surface area contributed by atoms with Crippen LogP contribution in [0.2, 0.25) is 0 Å². The minimum Gasteiger partial charge on any atom is -0.441 e. The van der Waals surface area contributed by atoms with Crippen molar-refractivity contribution in [3.8, 4) is 11.3 Å². The predicted octanol–water partition coefficient (Wildman–Crippen LogP) is 3.61. The molecule has 192 valence electrons. The number of fused-ring (bicyclic) bond motifs is 1. The van der Waals surface area contributed by atoms with Crippen LogP contribution in [0.5, 0.6) is 0 Å². The molecule has 2 fully saturated rings. The van der Waals surface area contributed by atoms with Crippen LogP contribution in [0.1, 0.15) is 17.3 Å². The summed E-state index contributed by atoms with van der Waals surface area (Å²) in [4.78, 5) is 35.1. The summed E-state index contributed by atoms with van der Waals surface area (Å²) in [7, 11) is 4.00. The Bertz CT molecular complexity index is 1280. The zero-order valence-electron chi connectivity index (χ0n) is 20.9. The van der Waals surface area contributed by atoms with Crippen molar-refractivity contribution in [3.05, 3.63) is 66.4 Å². The molecule has 0 spiro atoms. The third-order valence-electron chi connectivity index (χ3n) is 6.43. The van der Waals surface area contributed by atoms with Crippen molar-refractivity contribution < 1.29 is 23.8 Å². The zero-order chi connectivity index (χ0) is 25.9. The maximum Gasteiger partial charge on any atom is 0.412 e. The SMILES string of the molecule is CC(=O)c1cccc(NC(=O)OC2COC3C(Nc4nccc(-c5ccc(N(C)C)cc5)n4)COC23)c1. The highest BCUT2D eigenvalue weighted by Gasteiger charge is 2.49. The minimum absolute atomic E-state index is 0.0845. The Morgan fingerprint density at radius 1 is 1.03 bits per heavy atom. The molecule has 4 atom stereocenters. The van der Waals surface area contributed by atoms with E-state index in [2.05, 4.69) is 20.6 Å². The number of hydrogen-bond donors (Lipinski definition) is 2. The number of rotatable bonds is 7. The standard InChI is InChI=1S/C27H29N5O5/c1-16(33)18-5-4-6-19(13-18)29-27(34)37-23-15-36-24-22(14-35-25(23)24)31-26-28-12-11-21(30-26)17-7-9-20(10-8-17)32(2)3/h4-13,22-25H,14-15H2,1-3H3,(H,29,34)(H,28,30,31). The fourth-order valence-corrected chi connectivity index (χ4v) is 4.47. The van der Waals surface area contributed by atoms with Crippen LogP contribution >= 0.6 is 0 Å². The van der Waals surface area contributed by atoms with Gasteiger partial charge < -0.3 is 24.4 Å². The van der Waals surface area contributed by atoms with Crippen LogP contribution < -0.4 is 15.5 Å². The van der Waals surface area contributed by atoms with E-state index in [1.54, 1.807) is 30.5 Å². The van der Waals surface area contributed by atoms with Crippen molar-refractivity contribution in [2.24, 2.45) is 0 Å². The summed E-state index contributed by atoms with van der Waals surface area (Å²) in [5.41, 5.74) is 3.89. The molecular formula is C27H29N5O5. The fraction of sp³-hybridized carbons (Fsp3) is 0.333. The Morgan fingerprint density at radius 2 is 1.81 bits per heavy atom. The monoisotopic (exact) mass is 503 g/mol. The van der Waals surface area contributed by atoms with E-state index in [9.17, 15) is 9.59 Å².